The van der Waals surface area contributed by atoms with Gasteiger partial charge in [-0.15, -0.1) is 0 Å². The zero-order valence-corrected chi connectivity index (χ0v) is 11.6. The van der Waals surface area contributed by atoms with Crippen molar-refractivity contribution in [3.8, 4) is 0 Å². The van der Waals surface area contributed by atoms with Crippen molar-refractivity contribution in [2.45, 2.75) is 31.8 Å². The predicted molar refractivity (Wildman–Crippen MR) is 79.5 cm³/mol. The number of likely N-dealkylation sites (tertiary alicyclic amines) is 1. The van der Waals surface area contributed by atoms with Crippen LogP contribution in [0.15, 0.2) is 36.5 Å². The van der Waals surface area contributed by atoms with Crippen LogP contribution < -0.4 is 5.73 Å². The van der Waals surface area contributed by atoms with Crippen LogP contribution in [0.25, 0.3) is 10.9 Å². The lowest BCUT2D eigenvalue weighted by molar-refractivity contribution is 0.0619. The first-order chi connectivity index (χ1) is 9.65. The monoisotopic (exact) mass is 269 g/mol. The zero-order valence-electron chi connectivity index (χ0n) is 11.6. The minimum absolute atomic E-state index is 0.0927. The van der Waals surface area contributed by atoms with Crippen molar-refractivity contribution in [2.24, 2.45) is 5.73 Å². The molecule has 104 valence electrons. The summed E-state index contributed by atoms with van der Waals surface area (Å²) in [5, 5.41) is 1.000. The maximum Gasteiger partial charge on any atom is 0.254 e. The molecule has 3 rings (SSSR count). The van der Waals surface area contributed by atoms with Gasteiger partial charge in [-0.05, 0) is 44.0 Å². The molecule has 0 saturated carbocycles. The second kappa shape index (κ2) is 5.21. The highest BCUT2D eigenvalue weighted by molar-refractivity contribution is 5.98. The average molecular weight is 269 g/mol. The average Bonchev–Trinajstić information content (AvgIpc) is 2.46. The molecular weight excluding hydrogens is 250 g/mol. The van der Waals surface area contributed by atoms with Crippen molar-refractivity contribution in [3.63, 3.8) is 0 Å². The van der Waals surface area contributed by atoms with Gasteiger partial charge in [-0.25, -0.2) is 0 Å². The summed E-state index contributed by atoms with van der Waals surface area (Å²) in [5.41, 5.74) is 7.60. The summed E-state index contributed by atoms with van der Waals surface area (Å²) >= 11 is 0. The van der Waals surface area contributed by atoms with Crippen LogP contribution in [0.2, 0.25) is 0 Å². The second-order valence-corrected chi connectivity index (χ2v) is 5.54. The maximum atomic E-state index is 12.6. The van der Waals surface area contributed by atoms with Gasteiger partial charge in [0, 0.05) is 35.8 Å². The number of aromatic nitrogens is 1. The number of hydrogen-bond acceptors (Lipinski definition) is 3. The molecule has 0 aliphatic carbocycles. The molecule has 1 amide bonds. The van der Waals surface area contributed by atoms with Crippen LogP contribution in [0.5, 0.6) is 0 Å². The Balaban J connectivity index is 1.88. The van der Waals surface area contributed by atoms with E-state index in [2.05, 4.69) is 11.9 Å². The third kappa shape index (κ3) is 2.39. The molecule has 1 aliphatic rings. The number of hydrogen-bond donors (Lipinski definition) is 1. The molecular formula is C16H19N3O. The van der Waals surface area contributed by atoms with E-state index in [1.807, 2.05) is 35.2 Å². The van der Waals surface area contributed by atoms with E-state index in [0.717, 1.165) is 35.9 Å². The number of carbonyl (C=O) groups is 1. The van der Waals surface area contributed by atoms with Crippen LogP contribution in [-0.4, -0.2) is 34.4 Å². The molecule has 1 aromatic heterocycles. The summed E-state index contributed by atoms with van der Waals surface area (Å²) in [6.45, 7) is 2.81. The van der Waals surface area contributed by atoms with Gasteiger partial charge in [0.05, 0.1) is 5.52 Å². The Kier molecular flexibility index (Phi) is 3.40. The summed E-state index contributed by atoms with van der Waals surface area (Å²) in [4.78, 5) is 18.8. The van der Waals surface area contributed by atoms with E-state index in [1.165, 1.54) is 0 Å². The Morgan fingerprint density at radius 3 is 3.05 bits per heavy atom. The van der Waals surface area contributed by atoms with Gasteiger partial charge in [0.1, 0.15) is 0 Å². The number of piperidine rings is 1. The van der Waals surface area contributed by atoms with Gasteiger partial charge in [-0.2, -0.15) is 0 Å². The molecule has 1 fully saturated rings. The van der Waals surface area contributed by atoms with Crippen molar-refractivity contribution in [3.05, 3.63) is 42.1 Å². The van der Waals surface area contributed by atoms with Crippen LogP contribution in [0.3, 0.4) is 0 Å². The molecule has 1 saturated heterocycles. The number of nitrogens with two attached hydrogens (primary N) is 1. The van der Waals surface area contributed by atoms with E-state index < -0.39 is 0 Å². The van der Waals surface area contributed by atoms with Crippen LogP contribution >= 0.6 is 0 Å². The summed E-state index contributed by atoms with van der Waals surface area (Å²) in [5.74, 6) is 0.0927. The topological polar surface area (TPSA) is 59.2 Å². The van der Waals surface area contributed by atoms with Gasteiger partial charge in [-0.1, -0.05) is 6.07 Å². The highest BCUT2D eigenvalue weighted by atomic mass is 16.2. The fraction of sp³-hybridized carbons (Fsp3) is 0.375. The van der Waals surface area contributed by atoms with Gasteiger partial charge in [-0.3, -0.25) is 9.78 Å². The van der Waals surface area contributed by atoms with Crippen LogP contribution in [0, 0.1) is 0 Å². The molecule has 2 heterocycles. The predicted octanol–water partition coefficient (Wildman–Crippen LogP) is 2.19. The number of pyridine rings is 1. The SMILES string of the molecule is CC1CC(N)CCN1C(=O)c1ccc2ncccc2c1. The molecule has 1 aromatic carbocycles. The van der Waals surface area contributed by atoms with Crippen LogP contribution in [0.4, 0.5) is 0 Å². The van der Waals surface area contributed by atoms with Gasteiger partial charge >= 0.3 is 0 Å². The van der Waals surface area contributed by atoms with Crippen molar-refractivity contribution >= 4 is 16.8 Å². The number of carbonyl (C=O) groups excluding carboxylic acids is 1. The molecule has 0 radical (unpaired) electrons. The minimum Gasteiger partial charge on any atom is -0.336 e. The Morgan fingerprint density at radius 2 is 2.25 bits per heavy atom. The summed E-state index contributed by atoms with van der Waals surface area (Å²) in [7, 11) is 0. The fourth-order valence-corrected chi connectivity index (χ4v) is 2.88. The number of benzene rings is 1. The Morgan fingerprint density at radius 1 is 1.40 bits per heavy atom. The van der Waals surface area contributed by atoms with E-state index in [0.29, 0.717) is 0 Å². The minimum atomic E-state index is 0.0927. The second-order valence-electron chi connectivity index (χ2n) is 5.54. The molecule has 2 aromatic rings. The molecule has 2 N–H and O–H groups in total. The van der Waals surface area contributed by atoms with E-state index >= 15 is 0 Å². The summed E-state index contributed by atoms with van der Waals surface area (Å²) in [6.07, 6.45) is 3.52. The Bertz CT molecular complexity index is 640. The third-order valence-corrected chi connectivity index (χ3v) is 4.03. The molecule has 2 atom stereocenters. The van der Waals surface area contributed by atoms with Gasteiger partial charge in [0.25, 0.3) is 5.91 Å². The van der Waals surface area contributed by atoms with Crippen LogP contribution in [0.1, 0.15) is 30.1 Å². The van der Waals surface area contributed by atoms with Gasteiger partial charge < -0.3 is 10.6 Å². The highest BCUT2D eigenvalue weighted by Gasteiger charge is 2.27. The molecule has 4 heteroatoms. The van der Waals surface area contributed by atoms with E-state index in [-0.39, 0.29) is 18.0 Å². The van der Waals surface area contributed by atoms with Crippen LogP contribution in [-0.2, 0) is 0 Å². The first-order valence-corrected chi connectivity index (χ1v) is 7.06. The van der Waals surface area contributed by atoms with E-state index in [4.69, 9.17) is 5.73 Å². The Hall–Kier alpha value is -1.94. The quantitative estimate of drug-likeness (QED) is 0.863. The first-order valence-electron chi connectivity index (χ1n) is 7.06. The summed E-state index contributed by atoms with van der Waals surface area (Å²) in [6, 6.07) is 9.98. The number of nitrogens with zero attached hydrogens (tertiary/aromatic N) is 2. The lowest BCUT2D eigenvalue weighted by Gasteiger charge is -2.36. The zero-order chi connectivity index (χ0) is 14.1. The third-order valence-electron chi connectivity index (χ3n) is 4.03. The molecule has 0 spiro atoms. The number of rotatable bonds is 1. The van der Waals surface area contributed by atoms with E-state index in [1.54, 1.807) is 6.20 Å². The van der Waals surface area contributed by atoms with Crippen molar-refractivity contribution in [1.29, 1.82) is 0 Å². The largest absolute Gasteiger partial charge is 0.336 e. The van der Waals surface area contributed by atoms with Crippen molar-refractivity contribution < 1.29 is 4.79 Å². The maximum absolute atomic E-state index is 12.6. The molecule has 20 heavy (non-hydrogen) atoms. The van der Waals surface area contributed by atoms with Gasteiger partial charge in [0.15, 0.2) is 0 Å². The first kappa shape index (κ1) is 13.1. The Labute approximate surface area is 118 Å². The molecule has 0 bridgehead atoms. The van der Waals surface area contributed by atoms with Crippen molar-refractivity contribution in [2.75, 3.05) is 6.54 Å². The standard InChI is InChI=1S/C16H19N3O/c1-11-9-14(17)6-8-19(11)16(20)13-4-5-15-12(10-13)3-2-7-18-15/h2-5,7,10-11,14H,6,8-9,17H2,1H3. The lowest BCUT2D eigenvalue weighted by Crippen LogP contribution is -2.48. The number of fused-ring (bicyclic) bond motifs is 1. The fourth-order valence-electron chi connectivity index (χ4n) is 2.88. The smallest absolute Gasteiger partial charge is 0.254 e. The normalized spacial score (nSPS) is 23.0. The molecule has 2 unspecified atom stereocenters. The summed E-state index contributed by atoms with van der Waals surface area (Å²) < 4.78 is 0. The number of amides is 1. The highest BCUT2D eigenvalue weighted by Crippen LogP contribution is 2.20. The van der Waals surface area contributed by atoms with E-state index in [9.17, 15) is 4.79 Å². The molecule has 4 nitrogen and oxygen atoms in total. The van der Waals surface area contributed by atoms with Gasteiger partial charge in [0.2, 0.25) is 0 Å². The van der Waals surface area contributed by atoms with Crippen molar-refractivity contribution in [1.82, 2.24) is 9.88 Å². The molecule has 1 aliphatic heterocycles. The lowest BCUT2D eigenvalue weighted by atomic mass is 9.98.